The highest BCUT2D eigenvalue weighted by Crippen LogP contribution is 2.39. The molecular formula is C27H21F4N5O2. The van der Waals surface area contributed by atoms with Gasteiger partial charge in [0, 0.05) is 42.6 Å². The lowest BCUT2D eigenvalue weighted by Gasteiger charge is -2.25. The Bertz CT molecular complexity index is 1480. The van der Waals surface area contributed by atoms with Gasteiger partial charge in [-0.25, -0.2) is 9.07 Å². The van der Waals surface area contributed by atoms with Crippen molar-refractivity contribution in [3.8, 4) is 16.9 Å². The van der Waals surface area contributed by atoms with E-state index in [9.17, 15) is 27.2 Å². The number of carbonyl (C=O) groups excluding carboxylic acids is 2. The maximum absolute atomic E-state index is 13.8. The molecule has 1 saturated heterocycles. The minimum atomic E-state index is -4.64. The molecule has 0 aliphatic carbocycles. The van der Waals surface area contributed by atoms with Crippen LogP contribution in [0.25, 0.3) is 16.9 Å². The first-order chi connectivity index (χ1) is 18.2. The maximum atomic E-state index is 13.8. The first-order valence-corrected chi connectivity index (χ1v) is 11.7. The standard InChI is InChI=1S/C27H21F4N5O2/c28-19-2-4-20(5-3-19)36-24(15-23(35-36)16-7-10-32-11-8-16)34-26(38)18-1-6-22(27(29,30)31)21(13-18)17-9-12-33-25(37)14-17/h1-8,10-11,13,15,17H,9,12,14H2,(H,33,37)(H,34,38). The highest BCUT2D eigenvalue weighted by atomic mass is 19.4. The van der Waals surface area contributed by atoms with Gasteiger partial charge in [0.1, 0.15) is 11.6 Å². The molecule has 1 unspecified atom stereocenters. The summed E-state index contributed by atoms with van der Waals surface area (Å²) in [6.45, 7) is 0.256. The van der Waals surface area contributed by atoms with Crippen molar-refractivity contribution in [1.82, 2.24) is 20.1 Å². The number of aromatic nitrogens is 3. The van der Waals surface area contributed by atoms with E-state index < -0.39 is 29.4 Å². The van der Waals surface area contributed by atoms with Crippen molar-refractivity contribution in [2.24, 2.45) is 0 Å². The number of amides is 2. The number of rotatable bonds is 5. The molecule has 2 N–H and O–H groups in total. The quantitative estimate of drug-likeness (QED) is 0.346. The van der Waals surface area contributed by atoms with Crippen molar-refractivity contribution in [2.45, 2.75) is 24.9 Å². The van der Waals surface area contributed by atoms with E-state index in [0.29, 0.717) is 23.4 Å². The van der Waals surface area contributed by atoms with Crippen molar-refractivity contribution >= 4 is 17.6 Å². The third-order valence-electron chi connectivity index (χ3n) is 6.30. The number of halogens is 4. The van der Waals surface area contributed by atoms with E-state index in [-0.39, 0.29) is 35.8 Å². The Hall–Kier alpha value is -4.54. The largest absolute Gasteiger partial charge is 0.416 e. The Morgan fingerprint density at radius 3 is 2.45 bits per heavy atom. The number of anilines is 1. The second-order valence-electron chi connectivity index (χ2n) is 8.83. The molecule has 0 spiro atoms. The Labute approximate surface area is 214 Å². The average Bonchev–Trinajstić information content (AvgIpc) is 3.32. The first kappa shape index (κ1) is 25.1. The minimum Gasteiger partial charge on any atom is -0.356 e. The van der Waals surface area contributed by atoms with Gasteiger partial charge in [0.15, 0.2) is 0 Å². The third kappa shape index (κ3) is 5.26. The summed E-state index contributed by atoms with van der Waals surface area (Å²) in [5, 5.41) is 9.86. The fraction of sp³-hybridized carbons (Fsp3) is 0.185. The van der Waals surface area contributed by atoms with E-state index in [1.807, 2.05) is 0 Å². The van der Waals surface area contributed by atoms with Crippen LogP contribution in [0, 0.1) is 5.82 Å². The zero-order valence-corrected chi connectivity index (χ0v) is 19.8. The van der Waals surface area contributed by atoms with Gasteiger partial charge in [-0.1, -0.05) is 0 Å². The number of hydrogen-bond acceptors (Lipinski definition) is 4. The van der Waals surface area contributed by atoms with Crippen LogP contribution in [0.4, 0.5) is 23.4 Å². The fourth-order valence-corrected chi connectivity index (χ4v) is 4.45. The number of benzene rings is 2. The van der Waals surface area contributed by atoms with Gasteiger partial charge in [0.05, 0.1) is 16.9 Å². The Kier molecular flexibility index (Phi) is 6.66. The molecule has 5 rings (SSSR count). The summed E-state index contributed by atoms with van der Waals surface area (Å²) in [4.78, 5) is 29.1. The van der Waals surface area contributed by atoms with Gasteiger partial charge in [-0.05, 0) is 72.5 Å². The topological polar surface area (TPSA) is 88.9 Å². The van der Waals surface area contributed by atoms with Crippen LogP contribution in [-0.2, 0) is 11.0 Å². The lowest BCUT2D eigenvalue weighted by Crippen LogP contribution is -2.33. The summed E-state index contributed by atoms with van der Waals surface area (Å²) in [6, 6.07) is 13.7. The molecule has 2 amide bonds. The molecule has 0 bridgehead atoms. The van der Waals surface area contributed by atoms with Crippen molar-refractivity contribution in [3.05, 3.63) is 95.6 Å². The molecule has 0 saturated carbocycles. The number of nitrogens with zero attached hydrogens (tertiary/aromatic N) is 3. The van der Waals surface area contributed by atoms with Crippen LogP contribution in [0.2, 0.25) is 0 Å². The van der Waals surface area contributed by atoms with Crippen LogP contribution >= 0.6 is 0 Å². The van der Waals surface area contributed by atoms with Crippen LogP contribution < -0.4 is 10.6 Å². The van der Waals surface area contributed by atoms with Crippen LogP contribution in [0.1, 0.15) is 40.2 Å². The summed E-state index contributed by atoms with van der Waals surface area (Å²) < 4.78 is 56.2. The first-order valence-electron chi connectivity index (χ1n) is 11.7. The molecular weight excluding hydrogens is 502 g/mol. The summed E-state index contributed by atoms with van der Waals surface area (Å²) in [7, 11) is 0. The van der Waals surface area contributed by atoms with Gasteiger partial charge in [-0.15, -0.1) is 0 Å². The average molecular weight is 523 g/mol. The van der Waals surface area contributed by atoms with Gasteiger partial charge in [-0.2, -0.15) is 18.3 Å². The second kappa shape index (κ2) is 10.1. The third-order valence-corrected chi connectivity index (χ3v) is 6.30. The molecule has 1 fully saturated rings. The normalized spacial score (nSPS) is 15.7. The van der Waals surface area contributed by atoms with Gasteiger partial charge in [0.25, 0.3) is 5.91 Å². The second-order valence-corrected chi connectivity index (χ2v) is 8.83. The molecule has 3 heterocycles. The van der Waals surface area contributed by atoms with Gasteiger partial charge < -0.3 is 10.6 Å². The van der Waals surface area contributed by atoms with Crippen LogP contribution in [0.5, 0.6) is 0 Å². The number of carbonyl (C=O) groups is 2. The predicted molar refractivity (Wildman–Crippen MR) is 131 cm³/mol. The minimum absolute atomic E-state index is 0.00343. The number of piperidine rings is 1. The molecule has 38 heavy (non-hydrogen) atoms. The lowest BCUT2D eigenvalue weighted by molar-refractivity contribution is -0.138. The van der Waals surface area contributed by atoms with Crippen molar-refractivity contribution < 1.29 is 27.2 Å². The summed E-state index contributed by atoms with van der Waals surface area (Å²) in [5.74, 6) is -1.89. The van der Waals surface area contributed by atoms with Crippen molar-refractivity contribution in [3.63, 3.8) is 0 Å². The summed E-state index contributed by atoms with van der Waals surface area (Å²) in [6.07, 6.45) is -1.24. The smallest absolute Gasteiger partial charge is 0.356 e. The fourth-order valence-electron chi connectivity index (χ4n) is 4.45. The summed E-state index contributed by atoms with van der Waals surface area (Å²) in [5.41, 5.74) is 0.700. The van der Waals surface area contributed by atoms with Gasteiger partial charge >= 0.3 is 6.18 Å². The number of hydrogen-bond donors (Lipinski definition) is 2. The lowest BCUT2D eigenvalue weighted by atomic mass is 9.85. The molecule has 1 atom stereocenters. The monoisotopic (exact) mass is 523 g/mol. The molecule has 11 heteroatoms. The summed E-state index contributed by atoms with van der Waals surface area (Å²) >= 11 is 0. The molecule has 4 aromatic rings. The van der Waals surface area contributed by atoms with Crippen LogP contribution in [0.3, 0.4) is 0 Å². The Morgan fingerprint density at radius 2 is 1.76 bits per heavy atom. The Morgan fingerprint density at radius 1 is 1.03 bits per heavy atom. The zero-order chi connectivity index (χ0) is 26.9. The van der Waals surface area contributed by atoms with Gasteiger partial charge in [-0.3, -0.25) is 14.6 Å². The molecule has 7 nitrogen and oxygen atoms in total. The molecule has 1 aliphatic rings. The zero-order valence-electron chi connectivity index (χ0n) is 19.8. The van der Waals surface area contributed by atoms with E-state index in [4.69, 9.17) is 0 Å². The van der Waals surface area contributed by atoms with E-state index in [2.05, 4.69) is 20.7 Å². The van der Waals surface area contributed by atoms with E-state index in [1.54, 1.807) is 30.6 Å². The molecule has 194 valence electrons. The molecule has 0 radical (unpaired) electrons. The van der Waals surface area contributed by atoms with Gasteiger partial charge in [0.2, 0.25) is 5.91 Å². The number of alkyl halides is 3. The highest BCUT2D eigenvalue weighted by molar-refractivity contribution is 6.04. The van der Waals surface area contributed by atoms with Crippen LogP contribution in [0.15, 0.2) is 73.1 Å². The predicted octanol–water partition coefficient (Wildman–Crippen LogP) is 5.34. The molecule has 2 aromatic carbocycles. The molecule has 1 aliphatic heterocycles. The van der Waals surface area contributed by atoms with Crippen molar-refractivity contribution in [1.29, 1.82) is 0 Å². The number of pyridine rings is 1. The van der Waals surface area contributed by atoms with E-state index in [0.717, 1.165) is 12.1 Å². The SMILES string of the molecule is O=C1CC(c2cc(C(=O)Nc3cc(-c4ccncc4)nn3-c3ccc(F)cc3)ccc2C(F)(F)F)CCN1. The highest BCUT2D eigenvalue weighted by Gasteiger charge is 2.37. The maximum Gasteiger partial charge on any atom is 0.416 e. The number of nitrogens with one attached hydrogen (secondary N) is 2. The van der Waals surface area contributed by atoms with E-state index >= 15 is 0 Å². The van der Waals surface area contributed by atoms with Crippen molar-refractivity contribution in [2.75, 3.05) is 11.9 Å². The molecule has 2 aromatic heterocycles. The van der Waals surface area contributed by atoms with Crippen LogP contribution in [-0.4, -0.2) is 33.1 Å². The Balaban J connectivity index is 1.52. The van der Waals surface area contributed by atoms with E-state index in [1.165, 1.54) is 35.0 Å².